The number of nitrogens with one attached hydrogen (secondary N) is 6. The van der Waals surface area contributed by atoms with E-state index in [0.29, 0.717) is 50.9 Å². The Morgan fingerprint density at radius 3 is 2.27 bits per heavy atom. The average Bonchev–Trinajstić information content (AvgIpc) is 4.09. The standard InChI is InChI=1S/C51H69F2N10O11P/c1-61-26-23-33-16-19-42(63(33)50(71)40(30-61)59-46(67)39-28-31-27-32(15-17-36(31)57-39)51(52,53)75(72,73)74)48(69)58-38(18-21-43(54)64)45(66)56-25-11-9-7-5-3-2-4-6-8-10-24-55-37-14-12-13-34-35(37)29-62(49(34)70)41-20-22-44(65)60-47(41)68/h12-15,17,27-28,33,38,40-42,55,57H,2-11,16,18-26,29-30H2,1H3,(H2,54,64)(H,56,66)(H,58,69)(H,59,67)(H,60,65,68)(H2,72,73,74)/t33-,38+,40+,41?,42+/m1/s1. The second-order valence-corrected chi connectivity index (χ2v) is 21.8. The normalized spacial score (nSPS) is 20.8. The van der Waals surface area contributed by atoms with Gasteiger partial charge in [-0.25, -0.2) is 0 Å². The van der Waals surface area contributed by atoms with Crippen molar-refractivity contribution in [2.24, 2.45) is 5.73 Å². The van der Waals surface area contributed by atoms with Gasteiger partial charge in [-0.2, -0.15) is 8.78 Å². The summed E-state index contributed by atoms with van der Waals surface area (Å²) in [4.78, 5) is 130. The lowest BCUT2D eigenvalue weighted by atomic mass is 10.0. The number of nitrogens with zero attached hydrogens (tertiary/aromatic N) is 3. The Morgan fingerprint density at radius 2 is 1.59 bits per heavy atom. The first kappa shape index (κ1) is 56.4. The van der Waals surface area contributed by atoms with Gasteiger partial charge in [0.1, 0.15) is 29.9 Å². The lowest BCUT2D eigenvalue weighted by Gasteiger charge is -2.37. The van der Waals surface area contributed by atoms with Crippen LogP contribution in [0.2, 0.25) is 0 Å². The van der Waals surface area contributed by atoms with Crippen LogP contribution in [0.15, 0.2) is 42.5 Å². The highest BCUT2D eigenvalue weighted by atomic mass is 31.2. The molecule has 0 saturated carbocycles. The number of hydrogen-bond donors (Lipinski definition) is 9. The van der Waals surface area contributed by atoms with Gasteiger partial charge in [0.25, 0.3) is 11.8 Å². The summed E-state index contributed by atoms with van der Waals surface area (Å²) in [5.74, 6) is -3.93. The van der Waals surface area contributed by atoms with Crippen LogP contribution >= 0.6 is 7.60 Å². The van der Waals surface area contributed by atoms with Crippen molar-refractivity contribution in [3.05, 3.63) is 64.8 Å². The molecule has 8 amide bonds. The highest BCUT2D eigenvalue weighted by molar-refractivity contribution is 7.52. The van der Waals surface area contributed by atoms with Gasteiger partial charge in [0.05, 0.1) is 0 Å². The Bertz CT molecular complexity index is 2680. The summed E-state index contributed by atoms with van der Waals surface area (Å²) in [6.07, 6.45) is 11.7. The van der Waals surface area contributed by atoms with Crippen LogP contribution in [-0.2, 0) is 45.5 Å². The Morgan fingerprint density at radius 1 is 0.893 bits per heavy atom. The zero-order valence-electron chi connectivity index (χ0n) is 42.2. The average molecular weight is 1070 g/mol. The van der Waals surface area contributed by atoms with E-state index in [-0.39, 0.29) is 66.7 Å². The fourth-order valence-electron chi connectivity index (χ4n) is 10.5. The van der Waals surface area contributed by atoms with Crippen molar-refractivity contribution in [2.45, 2.75) is 152 Å². The van der Waals surface area contributed by atoms with Gasteiger partial charge in [-0.05, 0) is 88.9 Å². The molecular weight excluding hydrogens is 998 g/mol. The van der Waals surface area contributed by atoms with Crippen LogP contribution in [0.3, 0.4) is 0 Å². The minimum absolute atomic E-state index is 0.0516. The third-order valence-electron chi connectivity index (χ3n) is 14.7. The summed E-state index contributed by atoms with van der Waals surface area (Å²) in [6.45, 7) is 2.05. The zero-order valence-corrected chi connectivity index (χ0v) is 43.1. The predicted octanol–water partition coefficient (Wildman–Crippen LogP) is 3.83. The minimum atomic E-state index is -5.84. The van der Waals surface area contributed by atoms with Gasteiger partial charge >= 0.3 is 13.3 Å². The number of benzene rings is 2. The van der Waals surface area contributed by atoms with E-state index in [0.717, 1.165) is 93.8 Å². The van der Waals surface area contributed by atoms with Crippen LogP contribution in [0, 0.1) is 0 Å². The van der Waals surface area contributed by atoms with Crippen LogP contribution in [0.5, 0.6) is 0 Å². The number of carbonyl (C=O) groups is 8. The zero-order chi connectivity index (χ0) is 54.0. The molecule has 0 radical (unpaired) electrons. The van der Waals surface area contributed by atoms with Crippen molar-refractivity contribution in [3.8, 4) is 0 Å². The Labute approximate surface area is 433 Å². The van der Waals surface area contributed by atoms with Gasteiger partial charge in [-0.15, -0.1) is 0 Å². The molecule has 3 fully saturated rings. The Kier molecular flexibility index (Phi) is 18.8. The second-order valence-electron chi connectivity index (χ2n) is 20.2. The molecule has 7 rings (SSSR count). The minimum Gasteiger partial charge on any atom is -0.385 e. The van der Waals surface area contributed by atoms with Crippen molar-refractivity contribution in [3.63, 3.8) is 0 Å². The van der Waals surface area contributed by atoms with Crippen LogP contribution in [0.1, 0.15) is 141 Å². The number of imide groups is 1. The molecule has 4 aliphatic heterocycles. The number of aromatic nitrogens is 1. The first-order valence-corrected chi connectivity index (χ1v) is 27.6. The number of likely N-dealkylation sites (N-methyl/N-ethyl adjacent to an activating group) is 1. The monoisotopic (exact) mass is 1070 g/mol. The van der Waals surface area contributed by atoms with Crippen LogP contribution in [0.25, 0.3) is 10.9 Å². The van der Waals surface area contributed by atoms with Crippen molar-refractivity contribution in [1.82, 2.24) is 41.0 Å². The quantitative estimate of drug-likeness (QED) is 0.0332. The van der Waals surface area contributed by atoms with E-state index >= 15 is 0 Å². The van der Waals surface area contributed by atoms with Crippen LogP contribution in [-0.4, -0.2) is 140 Å². The molecule has 3 saturated heterocycles. The lowest BCUT2D eigenvalue weighted by Crippen LogP contribution is -2.61. The first-order valence-electron chi connectivity index (χ1n) is 26.0. The Balaban J connectivity index is 0.805. The number of piperidine rings is 1. The molecule has 5 heterocycles. The van der Waals surface area contributed by atoms with Gasteiger partial charge in [0, 0.05) is 78.3 Å². The molecule has 10 N–H and O–H groups in total. The number of aromatic amines is 1. The molecule has 5 atom stereocenters. The summed E-state index contributed by atoms with van der Waals surface area (Å²) in [6, 6.07) is 5.44. The summed E-state index contributed by atoms with van der Waals surface area (Å²) < 4.78 is 40.4. The van der Waals surface area contributed by atoms with E-state index in [1.165, 1.54) is 11.0 Å². The summed E-state index contributed by atoms with van der Waals surface area (Å²) in [5.41, 5.74) is 2.51. The third-order valence-corrected chi connectivity index (χ3v) is 15.7. The summed E-state index contributed by atoms with van der Waals surface area (Å²) in [7, 11) is -4.06. The van der Waals surface area contributed by atoms with E-state index < -0.39 is 78.4 Å². The SMILES string of the molecule is CN1CC[C@H]2CC[C@@H](C(=O)N[C@@H](CCC(N)=O)C(=O)NCCCCCCCCCCCCNc3cccc4c3CN(C3CCC(=O)NC3=O)C4=O)N2C(=O)[C@@H](NC(=O)c2cc3cc(C(F)(F)P(=O)(O)O)ccc3[nH]2)C1. The maximum Gasteiger partial charge on any atom is 0.399 e. The molecule has 75 heavy (non-hydrogen) atoms. The van der Waals surface area contributed by atoms with Crippen LogP contribution < -0.4 is 32.3 Å². The van der Waals surface area contributed by atoms with Gasteiger partial charge in [-0.3, -0.25) is 48.2 Å². The number of halogens is 2. The summed E-state index contributed by atoms with van der Waals surface area (Å²) >= 11 is 0. The number of H-pyrrole nitrogens is 1. The van der Waals surface area contributed by atoms with Crippen molar-refractivity contribution in [2.75, 3.05) is 38.5 Å². The molecule has 408 valence electrons. The number of hydrogen-bond acceptors (Lipinski definition) is 11. The molecule has 2 aromatic carbocycles. The number of amides is 8. The van der Waals surface area contributed by atoms with Gasteiger partial charge in [-0.1, -0.05) is 63.5 Å². The fourth-order valence-corrected chi connectivity index (χ4v) is 11.0. The highest BCUT2D eigenvalue weighted by Gasteiger charge is 2.51. The lowest BCUT2D eigenvalue weighted by molar-refractivity contribution is -0.144. The van der Waals surface area contributed by atoms with E-state index in [2.05, 4.69) is 31.6 Å². The molecule has 0 spiro atoms. The Hall–Kier alpha value is -6.29. The molecule has 3 aromatic rings. The number of alkyl halides is 2. The van der Waals surface area contributed by atoms with E-state index in [1.54, 1.807) is 18.0 Å². The van der Waals surface area contributed by atoms with Gasteiger partial charge in [0.15, 0.2) is 0 Å². The second kappa shape index (κ2) is 25.0. The van der Waals surface area contributed by atoms with Gasteiger partial charge < -0.3 is 56.5 Å². The van der Waals surface area contributed by atoms with Crippen molar-refractivity contribution in [1.29, 1.82) is 0 Å². The van der Waals surface area contributed by atoms with E-state index in [9.17, 15) is 61.5 Å². The van der Waals surface area contributed by atoms with Gasteiger partial charge in [0.2, 0.25) is 35.4 Å². The molecule has 0 aliphatic carbocycles. The molecule has 21 nitrogen and oxygen atoms in total. The van der Waals surface area contributed by atoms with Crippen molar-refractivity contribution >= 4 is 71.4 Å². The highest BCUT2D eigenvalue weighted by Crippen LogP contribution is 2.59. The smallest absolute Gasteiger partial charge is 0.385 e. The predicted molar refractivity (Wildman–Crippen MR) is 272 cm³/mol. The molecule has 1 unspecified atom stereocenters. The molecule has 24 heteroatoms. The maximum absolute atomic E-state index is 14.4. The molecule has 1 aromatic heterocycles. The maximum atomic E-state index is 14.4. The van der Waals surface area contributed by atoms with E-state index in [4.69, 9.17) is 5.73 Å². The summed E-state index contributed by atoms with van der Waals surface area (Å²) in [5, 5.41) is 14.2. The molecule has 0 bridgehead atoms. The molecular formula is C51H69F2N10O11P. The number of primary amides is 1. The topological polar surface area (TPSA) is 306 Å². The number of carbonyl (C=O) groups excluding carboxylic acids is 8. The van der Waals surface area contributed by atoms with Crippen molar-refractivity contribution < 1.29 is 61.5 Å². The number of nitrogens with two attached hydrogens (primary N) is 1. The largest absolute Gasteiger partial charge is 0.399 e. The first-order chi connectivity index (χ1) is 35.7. The van der Waals surface area contributed by atoms with Crippen LogP contribution in [0.4, 0.5) is 14.5 Å². The van der Waals surface area contributed by atoms with E-state index in [1.807, 2.05) is 17.0 Å². The number of anilines is 1. The number of unbranched alkanes of at least 4 members (excludes halogenated alkanes) is 9. The number of rotatable bonds is 25. The molecule has 4 aliphatic rings. The fraction of sp³-hybridized carbons (Fsp3) is 0.569. The third kappa shape index (κ3) is 14.0. The number of fused-ring (bicyclic) bond motifs is 3.